The first-order chi connectivity index (χ1) is 26.5. The van der Waals surface area contributed by atoms with E-state index in [-0.39, 0.29) is 13.2 Å². The number of quaternary nitrogens is 1. The monoisotopic (exact) mass is 796 g/mol. The molecule has 0 heterocycles. The second-order valence-electron chi connectivity index (χ2n) is 12.0. The maximum absolute atomic E-state index is 10.9. The van der Waals surface area contributed by atoms with Gasteiger partial charge in [0.25, 0.3) is 0 Å². The van der Waals surface area contributed by atoms with E-state index in [0.29, 0.717) is 119 Å². The minimum absolute atomic E-state index is 0.0899. The summed E-state index contributed by atoms with van der Waals surface area (Å²) in [5.74, 6) is 3.67. The van der Waals surface area contributed by atoms with E-state index in [2.05, 4.69) is 51.6 Å². The summed E-state index contributed by atoms with van der Waals surface area (Å²) < 4.78 is 85.3. The number of unbranched alkanes of at least 4 members (excludes halogenated alkanes) is 6. The van der Waals surface area contributed by atoms with Crippen LogP contribution in [0, 0.1) is 0 Å². The molecule has 315 valence electrons. The molecule has 0 aliphatic rings. The lowest BCUT2D eigenvalue weighted by Gasteiger charge is -2.12. The second-order valence-corrected chi connectivity index (χ2v) is 13.2. The average Bonchev–Trinajstić information content (AvgIpc) is 3.17. The van der Waals surface area contributed by atoms with Crippen molar-refractivity contribution in [2.24, 2.45) is 0 Å². The fraction of sp³-hybridized carbons (Fsp3) is 0.789. The Hall–Kier alpha value is -1.61. The highest BCUT2D eigenvalue weighted by molar-refractivity contribution is 7.88. The van der Waals surface area contributed by atoms with E-state index in [1.807, 2.05) is 6.92 Å². The van der Waals surface area contributed by atoms with Gasteiger partial charge in [-0.2, -0.15) is 5.90 Å². The van der Waals surface area contributed by atoms with E-state index in [0.717, 1.165) is 17.7 Å². The van der Waals surface area contributed by atoms with Crippen molar-refractivity contribution in [3.05, 3.63) is 35.4 Å². The molecular weight excluding hydrogens is 726 g/mol. The molecule has 3 N–H and O–H groups in total. The summed E-state index contributed by atoms with van der Waals surface area (Å²) in [5.41, 5.74) is 2.49. The Labute approximate surface area is 325 Å². The fourth-order valence-electron chi connectivity index (χ4n) is 4.78. The topological polar surface area (TPSA) is 175 Å². The van der Waals surface area contributed by atoms with Crippen LogP contribution in [0.25, 0.3) is 6.08 Å². The number of ether oxygens (including phenoxy) is 10. The summed E-state index contributed by atoms with van der Waals surface area (Å²) in [6, 6.07) is 6.52. The van der Waals surface area contributed by atoms with Crippen molar-refractivity contribution in [2.45, 2.75) is 65.2 Å². The predicted octanol–water partition coefficient (Wildman–Crippen LogP) is 4.41. The number of hydrogen-bond donors (Lipinski definition) is 1. The van der Waals surface area contributed by atoms with E-state index in [1.165, 1.54) is 50.5 Å². The van der Waals surface area contributed by atoms with Gasteiger partial charge in [0.15, 0.2) is 0 Å². The molecule has 0 fully saturated rings. The molecule has 0 aromatic heterocycles. The van der Waals surface area contributed by atoms with Gasteiger partial charge in [-0.3, -0.25) is 0 Å². The Kier molecular flexibility index (Phi) is 35.7. The Balaban J connectivity index is 1.80. The highest BCUT2D eigenvalue weighted by atomic mass is 32.3. The highest BCUT2D eigenvalue weighted by Gasteiger charge is 2.35. The minimum atomic E-state index is -4.03. The van der Waals surface area contributed by atoms with Crippen molar-refractivity contribution >= 4 is 16.9 Å². The molecule has 1 unspecified atom stereocenters. The molecule has 0 saturated heterocycles. The van der Waals surface area contributed by atoms with Crippen LogP contribution in [0.1, 0.15) is 69.9 Å². The maximum Gasteiger partial charge on any atom is 0.597 e. The molecule has 16 heteroatoms. The van der Waals surface area contributed by atoms with Gasteiger partial charge >= 0.3 is 10.8 Å². The van der Waals surface area contributed by atoms with E-state index in [1.54, 1.807) is 0 Å². The van der Waals surface area contributed by atoms with Crippen molar-refractivity contribution in [3.63, 3.8) is 0 Å². The van der Waals surface area contributed by atoms with Crippen LogP contribution >= 0.6 is 0 Å². The number of benzene rings is 1. The Morgan fingerprint density at radius 1 is 0.556 bits per heavy atom. The molecule has 0 aliphatic heterocycles. The largest absolute Gasteiger partial charge is 0.597 e. The molecule has 0 spiro atoms. The number of aryl methyl sites for hydroxylation is 1. The van der Waals surface area contributed by atoms with Crippen LogP contribution in [0.5, 0.6) is 5.75 Å². The molecule has 1 radical (unpaired) electrons. The summed E-state index contributed by atoms with van der Waals surface area (Å²) in [6.07, 6.45) is 14.5. The Bertz CT molecular complexity index is 1040. The molecule has 0 bridgehead atoms. The summed E-state index contributed by atoms with van der Waals surface area (Å²) >= 11 is 0. The zero-order valence-corrected chi connectivity index (χ0v) is 33.8. The molecular formula is C38H70NO14S+2. The maximum atomic E-state index is 10.9. The lowest BCUT2D eigenvalue weighted by atomic mass is 10.0. The first kappa shape index (κ1) is 50.4. The molecule has 54 heavy (non-hydrogen) atoms. The zero-order valence-electron chi connectivity index (χ0n) is 33.0. The highest BCUT2D eigenvalue weighted by Crippen LogP contribution is 2.23. The van der Waals surface area contributed by atoms with Crippen LogP contribution < -0.4 is 10.6 Å². The van der Waals surface area contributed by atoms with Crippen LogP contribution in [-0.2, 0) is 77.1 Å². The number of rotatable bonds is 42. The smallest absolute Gasteiger partial charge is 0.491 e. The van der Waals surface area contributed by atoms with E-state index in [9.17, 15) is 8.76 Å². The number of allylic oxidation sites excluding steroid dienone is 1. The second kappa shape index (κ2) is 38.3. The van der Waals surface area contributed by atoms with Gasteiger partial charge in [-0.05, 0) is 37.5 Å². The summed E-state index contributed by atoms with van der Waals surface area (Å²) in [4.78, 5) is 0. The predicted molar refractivity (Wildman–Crippen MR) is 204 cm³/mol. The first-order valence-corrected chi connectivity index (χ1v) is 20.8. The number of hydrogen-bond acceptors (Lipinski definition) is 13. The molecule has 1 aromatic carbocycles. The summed E-state index contributed by atoms with van der Waals surface area (Å²) in [6.45, 7) is 12.5. The van der Waals surface area contributed by atoms with Gasteiger partial charge in [0.1, 0.15) is 23.5 Å². The van der Waals surface area contributed by atoms with Gasteiger partial charge in [0, 0.05) is 9.77 Å². The molecule has 1 atom stereocenters. The van der Waals surface area contributed by atoms with Crippen molar-refractivity contribution in [3.8, 4) is 5.75 Å². The Morgan fingerprint density at radius 3 is 1.35 bits per heavy atom. The normalized spacial score (nSPS) is 12.9. The van der Waals surface area contributed by atoms with Gasteiger partial charge in [-0.25, -0.2) is 0 Å². The lowest BCUT2D eigenvalue weighted by Crippen LogP contribution is -2.53. The fourth-order valence-corrected chi connectivity index (χ4v) is 5.12. The zero-order chi connectivity index (χ0) is 39.1. The van der Waals surface area contributed by atoms with E-state index >= 15 is 0 Å². The average molecular weight is 797 g/mol. The molecule has 1 rings (SSSR count). The van der Waals surface area contributed by atoms with Gasteiger partial charge in [0.2, 0.25) is 0 Å². The van der Waals surface area contributed by atoms with Crippen LogP contribution in [0.2, 0.25) is 0 Å². The van der Waals surface area contributed by atoms with Gasteiger partial charge in [-0.15, -0.1) is 4.18 Å². The standard InChI is InChI=1S/C38H70NO14S/c1-3-5-6-7-8-9-10-12-36-13-14-38(37(35-36)11-4-2)51-33-31-49-29-27-47-25-23-45-21-19-43-17-15-42-16-18-44-20-22-46-24-26-48-28-30-50-32-34-52-54(40,41)53-39/h4,11,13-14,35H,3,5-10,12,15-34H2,1-2,39H3/q+2/b11-4+. The van der Waals surface area contributed by atoms with Crippen LogP contribution in [-0.4, -0.2) is 132 Å². The van der Waals surface area contributed by atoms with E-state index < -0.39 is 10.8 Å². The van der Waals surface area contributed by atoms with Crippen molar-refractivity contribution in [1.29, 1.82) is 0 Å². The minimum Gasteiger partial charge on any atom is -0.491 e. The van der Waals surface area contributed by atoms with Crippen molar-refractivity contribution in [1.82, 2.24) is 0 Å². The summed E-state index contributed by atoms with van der Waals surface area (Å²) in [5, 5.41) is 0. The quantitative estimate of drug-likeness (QED) is 0.0561. The van der Waals surface area contributed by atoms with Gasteiger partial charge in [0.05, 0.1) is 123 Å². The van der Waals surface area contributed by atoms with Gasteiger partial charge in [-0.1, -0.05) is 63.7 Å². The lowest BCUT2D eigenvalue weighted by molar-refractivity contribution is -0.640. The first-order valence-electron chi connectivity index (χ1n) is 19.4. The van der Waals surface area contributed by atoms with Crippen LogP contribution in [0.3, 0.4) is 0 Å². The third kappa shape index (κ3) is 32.6. The molecule has 1 aromatic rings. The third-order valence-corrected chi connectivity index (χ3v) is 8.29. The SMILES string of the molecule is C/C=C/c1cc(CCCCCCCCC)ccc1OCCOCCOCCOCCOCCOCCOCCOCCOCCOCCO[S+]([O])(=O)O[NH3+]. The molecule has 0 amide bonds. The van der Waals surface area contributed by atoms with Gasteiger partial charge < -0.3 is 47.4 Å². The summed E-state index contributed by atoms with van der Waals surface area (Å²) in [7, 11) is -4.03. The third-order valence-electron chi connectivity index (χ3n) is 7.55. The van der Waals surface area contributed by atoms with Crippen molar-refractivity contribution < 1.29 is 70.5 Å². The Morgan fingerprint density at radius 2 is 0.944 bits per heavy atom. The van der Waals surface area contributed by atoms with E-state index in [4.69, 9.17) is 47.4 Å². The molecule has 15 nitrogen and oxygen atoms in total. The van der Waals surface area contributed by atoms with Crippen LogP contribution in [0.15, 0.2) is 24.3 Å². The molecule has 0 aliphatic carbocycles. The molecule has 0 saturated carbocycles. The van der Waals surface area contributed by atoms with Crippen molar-refractivity contribution in [2.75, 3.05) is 132 Å². The van der Waals surface area contributed by atoms with Crippen LogP contribution in [0.4, 0.5) is 0 Å².